The smallest absolute Gasteiger partial charge is 0.332 e. The van der Waals surface area contributed by atoms with Gasteiger partial charge in [0.1, 0.15) is 11.9 Å². The van der Waals surface area contributed by atoms with Crippen LogP contribution >= 0.6 is 0 Å². The number of ether oxygens (including phenoxy) is 1. The topological polar surface area (TPSA) is 71.1 Å². The first kappa shape index (κ1) is 18.9. The van der Waals surface area contributed by atoms with Gasteiger partial charge in [0.05, 0.1) is 0 Å². The molecular formula is C22H22N4O3. The van der Waals surface area contributed by atoms with Crippen molar-refractivity contribution in [3.05, 3.63) is 98.5 Å². The lowest BCUT2D eigenvalue weighted by atomic mass is 10.1. The Balaban J connectivity index is 2.04. The Labute approximate surface area is 167 Å². The maximum absolute atomic E-state index is 13.0. The zero-order valence-corrected chi connectivity index (χ0v) is 16.6. The molecule has 0 N–H and O–H groups in total. The van der Waals surface area contributed by atoms with Gasteiger partial charge in [-0.2, -0.15) is 0 Å². The molecule has 2 aromatic carbocycles. The molecule has 29 heavy (non-hydrogen) atoms. The molecule has 0 saturated carbocycles. The highest BCUT2D eigenvalue weighted by Gasteiger charge is 2.25. The largest absolute Gasteiger partial charge is 0.369 e. The van der Waals surface area contributed by atoms with Gasteiger partial charge < -0.3 is 9.30 Å². The van der Waals surface area contributed by atoms with Crippen LogP contribution in [-0.2, 0) is 25.4 Å². The maximum atomic E-state index is 13.0. The van der Waals surface area contributed by atoms with Gasteiger partial charge in [-0.1, -0.05) is 60.7 Å². The molecule has 7 heteroatoms. The monoisotopic (exact) mass is 390 g/mol. The number of aromatic nitrogens is 4. The minimum Gasteiger partial charge on any atom is -0.369 e. The SMILES string of the molecule is COC(c1ccccc1)c1nc2c(c(=O)n(C)c(=O)n2C)n1Cc1ccccc1. The Bertz CT molecular complexity index is 1270. The summed E-state index contributed by atoms with van der Waals surface area (Å²) in [6.45, 7) is 0.437. The Morgan fingerprint density at radius 3 is 2.17 bits per heavy atom. The summed E-state index contributed by atoms with van der Waals surface area (Å²) in [6.07, 6.45) is -0.480. The fourth-order valence-corrected chi connectivity index (χ4v) is 3.61. The number of fused-ring (bicyclic) bond motifs is 1. The first-order chi connectivity index (χ1) is 14.0. The van der Waals surface area contributed by atoms with Crippen molar-refractivity contribution in [2.45, 2.75) is 12.6 Å². The summed E-state index contributed by atoms with van der Waals surface area (Å²) in [4.78, 5) is 30.2. The third kappa shape index (κ3) is 3.19. The summed E-state index contributed by atoms with van der Waals surface area (Å²) >= 11 is 0. The van der Waals surface area contributed by atoms with E-state index in [1.54, 1.807) is 14.2 Å². The van der Waals surface area contributed by atoms with Crippen LogP contribution < -0.4 is 11.2 Å². The van der Waals surface area contributed by atoms with E-state index >= 15 is 0 Å². The molecule has 4 aromatic rings. The van der Waals surface area contributed by atoms with Gasteiger partial charge in [-0.15, -0.1) is 0 Å². The number of hydrogen-bond acceptors (Lipinski definition) is 4. The van der Waals surface area contributed by atoms with Crippen LogP contribution in [0.2, 0.25) is 0 Å². The zero-order valence-electron chi connectivity index (χ0n) is 16.6. The van der Waals surface area contributed by atoms with Gasteiger partial charge in [-0.25, -0.2) is 9.78 Å². The predicted molar refractivity (Wildman–Crippen MR) is 111 cm³/mol. The summed E-state index contributed by atoms with van der Waals surface area (Å²) in [5, 5.41) is 0. The maximum Gasteiger partial charge on any atom is 0.332 e. The molecule has 0 fully saturated rings. The molecule has 148 valence electrons. The molecule has 0 saturated heterocycles. The molecule has 7 nitrogen and oxygen atoms in total. The normalized spacial score (nSPS) is 12.4. The van der Waals surface area contributed by atoms with Crippen molar-refractivity contribution in [2.75, 3.05) is 7.11 Å². The fraction of sp³-hybridized carbons (Fsp3) is 0.227. The molecule has 1 unspecified atom stereocenters. The number of imidazole rings is 1. The summed E-state index contributed by atoms with van der Waals surface area (Å²) in [6, 6.07) is 19.5. The van der Waals surface area contributed by atoms with E-state index in [0.717, 1.165) is 15.7 Å². The number of benzene rings is 2. The van der Waals surface area contributed by atoms with Crippen LogP contribution in [0.15, 0.2) is 70.3 Å². The molecule has 0 radical (unpaired) electrons. The number of nitrogens with zero attached hydrogens (tertiary/aromatic N) is 4. The van der Waals surface area contributed by atoms with Crippen molar-refractivity contribution < 1.29 is 4.74 Å². The van der Waals surface area contributed by atoms with Crippen molar-refractivity contribution in [1.29, 1.82) is 0 Å². The second-order valence-corrected chi connectivity index (χ2v) is 6.95. The molecule has 0 aliphatic rings. The Morgan fingerprint density at radius 1 is 0.931 bits per heavy atom. The highest BCUT2D eigenvalue weighted by Crippen LogP contribution is 2.27. The third-order valence-electron chi connectivity index (χ3n) is 5.13. The van der Waals surface area contributed by atoms with E-state index in [1.165, 1.54) is 11.6 Å². The van der Waals surface area contributed by atoms with Crippen molar-refractivity contribution in [3.63, 3.8) is 0 Å². The number of methoxy groups -OCH3 is 1. The zero-order chi connectivity index (χ0) is 20.5. The van der Waals surface area contributed by atoms with Gasteiger partial charge in [-0.05, 0) is 11.1 Å². The Kier molecular flexibility index (Phi) is 4.90. The second kappa shape index (κ2) is 7.52. The molecule has 0 bridgehead atoms. The molecule has 0 spiro atoms. The van der Waals surface area contributed by atoms with E-state index in [4.69, 9.17) is 9.72 Å². The van der Waals surface area contributed by atoms with E-state index in [2.05, 4.69) is 0 Å². The van der Waals surface area contributed by atoms with E-state index in [0.29, 0.717) is 23.5 Å². The quantitative estimate of drug-likeness (QED) is 0.524. The minimum absolute atomic E-state index is 0.349. The first-order valence-electron chi connectivity index (χ1n) is 9.30. The van der Waals surface area contributed by atoms with E-state index in [1.807, 2.05) is 65.2 Å². The summed E-state index contributed by atoms with van der Waals surface area (Å²) in [5.41, 5.74) is 1.88. The van der Waals surface area contributed by atoms with Crippen LogP contribution in [0, 0.1) is 0 Å². The van der Waals surface area contributed by atoms with Gasteiger partial charge >= 0.3 is 5.69 Å². The first-order valence-corrected chi connectivity index (χ1v) is 9.30. The Hall–Kier alpha value is -3.45. The predicted octanol–water partition coefficient (Wildman–Crippen LogP) is 2.22. The lowest BCUT2D eigenvalue weighted by molar-refractivity contribution is 0.126. The third-order valence-corrected chi connectivity index (χ3v) is 5.13. The number of aryl methyl sites for hydroxylation is 1. The van der Waals surface area contributed by atoms with Gasteiger partial charge in [-0.3, -0.25) is 13.9 Å². The van der Waals surface area contributed by atoms with E-state index in [9.17, 15) is 9.59 Å². The van der Waals surface area contributed by atoms with Crippen LogP contribution in [0.25, 0.3) is 11.2 Å². The number of rotatable bonds is 5. The minimum atomic E-state index is -0.480. The van der Waals surface area contributed by atoms with Crippen LogP contribution in [0.3, 0.4) is 0 Å². The van der Waals surface area contributed by atoms with Crippen molar-refractivity contribution in [1.82, 2.24) is 18.7 Å². The summed E-state index contributed by atoms with van der Waals surface area (Å²) < 4.78 is 10.2. The molecule has 1 atom stereocenters. The highest BCUT2D eigenvalue weighted by atomic mass is 16.5. The fourth-order valence-electron chi connectivity index (χ4n) is 3.61. The molecular weight excluding hydrogens is 368 g/mol. The summed E-state index contributed by atoms with van der Waals surface area (Å²) in [5.74, 6) is 0.579. The van der Waals surface area contributed by atoms with Crippen molar-refractivity contribution in [3.8, 4) is 0 Å². The second-order valence-electron chi connectivity index (χ2n) is 6.95. The van der Waals surface area contributed by atoms with E-state index < -0.39 is 11.8 Å². The van der Waals surface area contributed by atoms with Crippen LogP contribution in [0.5, 0.6) is 0 Å². The van der Waals surface area contributed by atoms with Gasteiger partial charge in [0.15, 0.2) is 11.2 Å². The van der Waals surface area contributed by atoms with Gasteiger partial charge in [0.2, 0.25) is 0 Å². The van der Waals surface area contributed by atoms with Crippen LogP contribution in [0.1, 0.15) is 23.1 Å². The average molecular weight is 390 g/mol. The van der Waals surface area contributed by atoms with Gasteiger partial charge in [0, 0.05) is 27.7 Å². The van der Waals surface area contributed by atoms with Crippen LogP contribution in [0.4, 0.5) is 0 Å². The molecule has 2 aromatic heterocycles. The Morgan fingerprint density at radius 2 is 1.55 bits per heavy atom. The molecule has 2 heterocycles. The van der Waals surface area contributed by atoms with E-state index in [-0.39, 0.29) is 5.56 Å². The average Bonchev–Trinajstić information content (AvgIpc) is 3.12. The lowest BCUT2D eigenvalue weighted by Crippen LogP contribution is -2.37. The molecule has 4 rings (SSSR count). The van der Waals surface area contributed by atoms with Crippen molar-refractivity contribution in [2.24, 2.45) is 14.1 Å². The van der Waals surface area contributed by atoms with Crippen LogP contribution in [-0.4, -0.2) is 25.8 Å². The molecule has 0 amide bonds. The summed E-state index contributed by atoms with van der Waals surface area (Å²) in [7, 11) is 4.72. The highest BCUT2D eigenvalue weighted by molar-refractivity contribution is 5.71. The molecule has 0 aliphatic carbocycles. The van der Waals surface area contributed by atoms with Gasteiger partial charge in [0.25, 0.3) is 5.56 Å². The van der Waals surface area contributed by atoms with Crippen molar-refractivity contribution >= 4 is 11.2 Å². The molecule has 0 aliphatic heterocycles. The number of hydrogen-bond donors (Lipinski definition) is 0. The standard InChI is InChI=1S/C22H22N4O3/c1-24-19-17(21(27)25(2)22(24)28)26(14-15-10-6-4-7-11-15)20(23-19)18(29-3)16-12-8-5-9-13-16/h4-13,18H,14H2,1-3H3. The lowest BCUT2D eigenvalue weighted by Gasteiger charge is -2.17.